The van der Waals surface area contributed by atoms with Gasteiger partial charge < -0.3 is 10.2 Å². The molecular weight excluding hydrogens is 368 g/mol. The van der Waals surface area contributed by atoms with Crippen molar-refractivity contribution in [3.8, 4) is 0 Å². The van der Waals surface area contributed by atoms with Crippen LogP contribution in [-0.2, 0) is 4.79 Å². The van der Waals surface area contributed by atoms with Crippen LogP contribution in [0.2, 0.25) is 5.02 Å². The largest absolute Gasteiger partial charge is 0.345 e. The maximum absolute atomic E-state index is 12.2. The highest BCUT2D eigenvalue weighted by molar-refractivity contribution is 7.22. The Morgan fingerprint density at radius 3 is 2.69 bits per heavy atom. The van der Waals surface area contributed by atoms with E-state index in [4.69, 9.17) is 16.6 Å². The number of anilines is 2. The van der Waals surface area contributed by atoms with Crippen LogP contribution in [0.5, 0.6) is 0 Å². The number of hydrogen-bond acceptors (Lipinski definition) is 5. The van der Waals surface area contributed by atoms with Crippen LogP contribution in [0, 0.1) is 0 Å². The summed E-state index contributed by atoms with van der Waals surface area (Å²) >= 11 is 7.68. The van der Waals surface area contributed by atoms with Gasteiger partial charge in [0.1, 0.15) is 0 Å². The van der Waals surface area contributed by atoms with E-state index >= 15 is 0 Å². The Morgan fingerprint density at radius 2 is 1.92 bits per heavy atom. The number of fused-ring (bicyclic) bond motifs is 1. The Morgan fingerprint density at radius 1 is 1.12 bits per heavy atom. The Hall–Kier alpha value is -2.15. The Labute approximate surface area is 161 Å². The minimum atomic E-state index is -0.0132. The van der Waals surface area contributed by atoms with Crippen molar-refractivity contribution in [3.05, 3.63) is 53.6 Å². The molecule has 4 rings (SSSR count). The van der Waals surface area contributed by atoms with Gasteiger partial charge in [0.05, 0.1) is 16.8 Å². The van der Waals surface area contributed by atoms with E-state index in [0.29, 0.717) is 11.6 Å². The lowest BCUT2D eigenvalue weighted by Gasteiger charge is -2.34. The van der Waals surface area contributed by atoms with Crippen LogP contribution in [0.15, 0.2) is 48.5 Å². The van der Waals surface area contributed by atoms with E-state index in [1.807, 2.05) is 30.3 Å². The summed E-state index contributed by atoms with van der Waals surface area (Å²) in [6.07, 6.45) is 0. The van der Waals surface area contributed by atoms with Crippen LogP contribution < -0.4 is 10.2 Å². The van der Waals surface area contributed by atoms with Crippen LogP contribution in [0.25, 0.3) is 10.2 Å². The Bertz CT molecular complexity index is 888. The number of thiazole rings is 1. The monoisotopic (exact) mass is 386 g/mol. The molecule has 1 aliphatic rings. The normalized spacial score (nSPS) is 15.3. The van der Waals surface area contributed by atoms with E-state index < -0.39 is 0 Å². The molecule has 0 radical (unpaired) electrons. The molecule has 3 aromatic rings. The average Bonchev–Trinajstić information content (AvgIpc) is 3.06. The highest BCUT2D eigenvalue weighted by Gasteiger charge is 2.21. The molecule has 7 heteroatoms. The number of piperazine rings is 1. The van der Waals surface area contributed by atoms with E-state index in [1.165, 1.54) is 4.70 Å². The molecule has 1 amide bonds. The predicted molar refractivity (Wildman–Crippen MR) is 108 cm³/mol. The first kappa shape index (κ1) is 17.3. The molecule has 0 bridgehead atoms. The van der Waals surface area contributed by atoms with E-state index in [2.05, 4.69) is 21.2 Å². The van der Waals surface area contributed by atoms with Gasteiger partial charge in [-0.15, -0.1) is 0 Å². The van der Waals surface area contributed by atoms with Crippen molar-refractivity contribution in [1.29, 1.82) is 0 Å². The van der Waals surface area contributed by atoms with Gasteiger partial charge in [-0.1, -0.05) is 41.1 Å². The number of halogens is 1. The fourth-order valence-corrected chi connectivity index (χ4v) is 4.27. The van der Waals surface area contributed by atoms with Crippen molar-refractivity contribution in [3.63, 3.8) is 0 Å². The van der Waals surface area contributed by atoms with Gasteiger partial charge in [0, 0.05) is 36.9 Å². The lowest BCUT2D eigenvalue weighted by molar-refractivity contribution is -0.117. The van der Waals surface area contributed by atoms with Gasteiger partial charge in [-0.25, -0.2) is 4.98 Å². The smallest absolute Gasteiger partial charge is 0.238 e. The molecule has 2 aromatic carbocycles. The predicted octanol–water partition coefficient (Wildman–Crippen LogP) is 3.71. The summed E-state index contributed by atoms with van der Waals surface area (Å²) in [6, 6.07) is 15.4. The van der Waals surface area contributed by atoms with E-state index in [0.717, 1.165) is 42.5 Å². The number of amides is 1. The van der Waals surface area contributed by atoms with Crippen LogP contribution in [-0.4, -0.2) is 48.5 Å². The first-order valence-electron chi connectivity index (χ1n) is 8.56. The maximum Gasteiger partial charge on any atom is 0.238 e. The molecule has 0 spiro atoms. The molecule has 1 N–H and O–H groups in total. The lowest BCUT2D eigenvalue weighted by Crippen LogP contribution is -2.48. The summed E-state index contributed by atoms with van der Waals surface area (Å²) in [7, 11) is 0. The molecule has 0 atom stereocenters. The van der Waals surface area contributed by atoms with Gasteiger partial charge in [0.25, 0.3) is 0 Å². The zero-order chi connectivity index (χ0) is 17.9. The fourth-order valence-electron chi connectivity index (χ4n) is 3.06. The third kappa shape index (κ3) is 3.98. The van der Waals surface area contributed by atoms with Gasteiger partial charge >= 0.3 is 0 Å². The first-order chi connectivity index (χ1) is 12.7. The van der Waals surface area contributed by atoms with Crippen LogP contribution in [0.1, 0.15) is 0 Å². The van der Waals surface area contributed by atoms with Gasteiger partial charge in [-0.05, 0) is 30.3 Å². The minimum absolute atomic E-state index is 0.0132. The molecule has 0 saturated carbocycles. The summed E-state index contributed by atoms with van der Waals surface area (Å²) in [5, 5.41) is 4.58. The molecule has 5 nitrogen and oxygen atoms in total. The van der Waals surface area contributed by atoms with Gasteiger partial charge in [-0.3, -0.25) is 9.69 Å². The number of hydrogen-bond donors (Lipinski definition) is 1. The standard InChI is InChI=1S/C19H19ClN4OS/c20-14-4-3-5-15(12-14)21-18(25)13-23-8-10-24(11-9-23)19-22-16-6-1-2-7-17(16)26-19/h1-7,12H,8-11,13H2,(H,21,25). The van der Waals surface area contributed by atoms with Crippen molar-refractivity contribution in [2.24, 2.45) is 0 Å². The van der Waals surface area contributed by atoms with Gasteiger partial charge in [-0.2, -0.15) is 0 Å². The maximum atomic E-state index is 12.2. The van der Waals surface area contributed by atoms with Crippen molar-refractivity contribution in [2.75, 3.05) is 42.9 Å². The number of para-hydroxylation sites is 1. The van der Waals surface area contributed by atoms with E-state index in [9.17, 15) is 4.79 Å². The van der Waals surface area contributed by atoms with E-state index in [-0.39, 0.29) is 5.91 Å². The molecule has 134 valence electrons. The number of nitrogens with zero attached hydrogens (tertiary/aromatic N) is 3. The van der Waals surface area contributed by atoms with Crippen LogP contribution in [0.3, 0.4) is 0 Å². The lowest BCUT2D eigenvalue weighted by atomic mass is 10.3. The number of carbonyl (C=O) groups is 1. The van der Waals surface area contributed by atoms with Crippen LogP contribution in [0.4, 0.5) is 10.8 Å². The summed E-state index contributed by atoms with van der Waals surface area (Å²) in [5.74, 6) is -0.0132. The highest BCUT2D eigenvalue weighted by atomic mass is 35.5. The summed E-state index contributed by atoms with van der Waals surface area (Å²) < 4.78 is 1.21. The zero-order valence-electron chi connectivity index (χ0n) is 14.2. The molecule has 1 fully saturated rings. The zero-order valence-corrected chi connectivity index (χ0v) is 15.8. The number of carbonyl (C=O) groups excluding carboxylic acids is 1. The molecule has 1 saturated heterocycles. The number of aromatic nitrogens is 1. The van der Waals surface area contributed by atoms with E-state index in [1.54, 1.807) is 23.5 Å². The molecule has 0 unspecified atom stereocenters. The molecule has 1 aliphatic heterocycles. The molecular formula is C19H19ClN4OS. The number of benzene rings is 2. The second-order valence-electron chi connectivity index (χ2n) is 6.29. The highest BCUT2D eigenvalue weighted by Crippen LogP contribution is 2.29. The second kappa shape index (κ2) is 7.61. The third-order valence-electron chi connectivity index (χ3n) is 4.40. The SMILES string of the molecule is O=C(CN1CCN(c2nc3ccccc3s2)CC1)Nc1cccc(Cl)c1. The summed E-state index contributed by atoms with van der Waals surface area (Å²) in [5.41, 5.74) is 1.78. The number of rotatable bonds is 4. The second-order valence-corrected chi connectivity index (χ2v) is 7.73. The van der Waals surface area contributed by atoms with Crippen molar-refractivity contribution in [2.45, 2.75) is 0 Å². The molecule has 2 heterocycles. The van der Waals surface area contributed by atoms with Crippen molar-refractivity contribution >= 4 is 49.9 Å². The van der Waals surface area contributed by atoms with Gasteiger partial charge in [0.2, 0.25) is 5.91 Å². The topological polar surface area (TPSA) is 48.5 Å². The van der Waals surface area contributed by atoms with Crippen molar-refractivity contribution < 1.29 is 4.79 Å². The summed E-state index contributed by atoms with van der Waals surface area (Å²) in [4.78, 5) is 21.4. The minimum Gasteiger partial charge on any atom is -0.345 e. The van der Waals surface area contributed by atoms with Crippen molar-refractivity contribution in [1.82, 2.24) is 9.88 Å². The third-order valence-corrected chi connectivity index (χ3v) is 5.73. The summed E-state index contributed by atoms with van der Waals surface area (Å²) in [6.45, 7) is 3.84. The fraction of sp³-hybridized carbons (Fsp3) is 0.263. The molecule has 1 aromatic heterocycles. The number of nitrogens with one attached hydrogen (secondary N) is 1. The Kier molecular flexibility index (Phi) is 5.06. The average molecular weight is 387 g/mol. The molecule has 26 heavy (non-hydrogen) atoms. The first-order valence-corrected chi connectivity index (χ1v) is 9.75. The quantitative estimate of drug-likeness (QED) is 0.742. The van der Waals surface area contributed by atoms with Gasteiger partial charge in [0.15, 0.2) is 5.13 Å². The molecule has 0 aliphatic carbocycles. The van der Waals surface area contributed by atoms with Crippen LogP contribution >= 0.6 is 22.9 Å². The Balaban J connectivity index is 1.31.